The Bertz CT molecular complexity index is 350. The second kappa shape index (κ2) is 4.76. The lowest BCUT2D eigenvalue weighted by molar-refractivity contribution is -0.150. The number of amides is 2. The molecule has 0 spiro atoms. The quantitative estimate of drug-likeness (QED) is 0.709. The number of carbonyl (C=O) groups excluding carboxylic acids is 1. The average molecular weight is 256 g/mol. The van der Waals surface area contributed by atoms with E-state index in [4.69, 9.17) is 5.11 Å². The Hall–Kier alpha value is -1.30. The zero-order chi connectivity index (χ0) is 13.3. The lowest BCUT2D eigenvalue weighted by Gasteiger charge is -2.38. The van der Waals surface area contributed by atoms with E-state index in [1.165, 1.54) is 0 Å². The van der Waals surface area contributed by atoms with Crippen LogP contribution in [0.5, 0.6) is 0 Å². The van der Waals surface area contributed by atoms with Crippen molar-refractivity contribution in [2.45, 2.75) is 32.3 Å². The predicted molar refractivity (Wildman–Crippen MR) is 64.1 cm³/mol. The first kappa shape index (κ1) is 13.1. The minimum absolute atomic E-state index is 0.0704. The first-order valence-corrected chi connectivity index (χ1v) is 6.38. The third kappa shape index (κ3) is 2.43. The molecule has 0 aromatic heterocycles. The van der Waals surface area contributed by atoms with Gasteiger partial charge in [0.1, 0.15) is 0 Å². The second-order valence-corrected chi connectivity index (χ2v) is 5.52. The standard InChI is InChI=1S/C12H20N2O4/c1-12(10(16)17)3-6-13(7-4-12)11(18)14-5-2-9(15)8-14/h9,15H,2-8H2,1H3,(H,16,17). The van der Waals surface area contributed by atoms with Crippen molar-refractivity contribution in [2.24, 2.45) is 5.41 Å². The summed E-state index contributed by atoms with van der Waals surface area (Å²) in [5.74, 6) is -0.786. The smallest absolute Gasteiger partial charge is 0.320 e. The zero-order valence-corrected chi connectivity index (χ0v) is 10.6. The molecule has 2 N–H and O–H groups in total. The zero-order valence-electron chi connectivity index (χ0n) is 10.6. The predicted octanol–water partition coefficient (Wildman–Crippen LogP) is 0.360. The van der Waals surface area contributed by atoms with E-state index < -0.39 is 17.5 Å². The van der Waals surface area contributed by atoms with E-state index in [1.54, 1.807) is 16.7 Å². The van der Waals surface area contributed by atoms with Gasteiger partial charge in [0.25, 0.3) is 0 Å². The molecule has 2 aliphatic rings. The lowest BCUT2D eigenvalue weighted by Crippen LogP contribution is -2.49. The van der Waals surface area contributed by atoms with Crippen LogP contribution in [-0.4, -0.2) is 64.3 Å². The monoisotopic (exact) mass is 256 g/mol. The highest BCUT2D eigenvalue weighted by atomic mass is 16.4. The summed E-state index contributed by atoms with van der Waals surface area (Å²) in [6.45, 7) is 3.68. The Morgan fingerprint density at radius 2 is 1.78 bits per heavy atom. The third-order valence-electron chi connectivity index (χ3n) is 4.09. The van der Waals surface area contributed by atoms with Gasteiger partial charge in [-0.3, -0.25) is 4.79 Å². The van der Waals surface area contributed by atoms with Gasteiger partial charge in [-0.1, -0.05) is 0 Å². The maximum Gasteiger partial charge on any atom is 0.320 e. The molecule has 2 fully saturated rings. The number of nitrogens with zero attached hydrogens (tertiary/aromatic N) is 2. The summed E-state index contributed by atoms with van der Waals surface area (Å²) in [5, 5.41) is 18.5. The van der Waals surface area contributed by atoms with Crippen LogP contribution < -0.4 is 0 Å². The first-order valence-electron chi connectivity index (χ1n) is 6.38. The summed E-state index contributed by atoms with van der Waals surface area (Å²) in [6.07, 6.45) is 1.20. The summed E-state index contributed by atoms with van der Waals surface area (Å²) >= 11 is 0. The van der Waals surface area contributed by atoms with Gasteiger partial charge >= 0.3 is 12.0 Å². The van der Waals surface area contributed by atoms with Crippen molar-refractivity contribution in [3.8, 4) is 0 Å². The highest BCUT2D eigenvalue weighted by Crippen LogP contribution is 2.31. The number of carbonyl (C=O) groups is 2. The van der Waals surface area contributed by atoms with Crippen molar-refractivity contribution in [2.75, 3.05) is 26.2 Å². The van der Waals surface area contributed by atoms with Crippen LogP contribution in [0.1, 0.15) is 26.2 Å². The minimum Gasteiger partial charge on any atom is -0.481 e. The van der Waals surface area contributed by atoms with Gasteiger partial charge in [-0.25, -0.2) is 4.79 Å². The van der Waals surface area contributed by atoms with E-state index >= 15 is 0 Å². The number of likely N-dealkylation sites (tertiary alicyclic amines) is 2. The molecular formula is C12H20N2O4. The normalized spacial score (nSPS) is 27.3. The number of urea groups is 1. The van der Waals surface area contributed by atoms with E-state index in [0.29, 0.717) is 45.4 Å². The molecule has 102 valence electrons. The van der Waals surface area contributed by atoms with Crippen molar-refractivity contribution >= 4 is 12.0 Å². The summed E-state index contributed by atoms with van der Waals surface area (Å²) in [4.78, 5) is 26.6. The first-order chi connectivity index (χ1) is 8.42. The summed E-state index contributed by atoms with van der Waals surface area (Å²) in [7, 11) is 0. The van der Waals surface area contributed by atoms with Crippen LogP contribution >= 0.6 is 0 Å². The fraction of sp³-hybridized carbons (Fsp3) is 0.833. The molecule has 1 atom stereocenters. The van der Waals surface area contributed by atoms with Crippen LogP contribution in [0.15, 0.2) is 0 Å². The molecule has 2 rings (SSSR count). The number of aliphatic hydroxyl groups excluding tert-OH is 1. The van der Waals surface area contributed by atoms with Gasteiger partial charge in [0.15, 0.2) is 0 Å². The number of β-amino-alcohol motifs (C(OH)–C–C–N with tert-alkyl or cyclic N) is 1. The lowest BCUT2D eigenvalue weighted by atomic mass is 9.80. The molecule has 0 aromatic rings. The number of rotatable bonds is 1. The molecule has 2 amide bonds. The van der Waals surface area contributed by atoms with Crippen LogP contribution in [0.25, 0.3) is 0 Å². The van der Waals surface area contributed by atoms with Gasteiger partial charge in [0, 0.05) is 26.2 Å². The van der Waals surface area contributed by atoms with Crippen molar-refractivity contribution in [3.05, 3.63) is 0 Å². The van der Waals surface area contributed by atoms with Gasteiger partial charge in [0.05, 0.1) is 11.5 Å². The fourth-order valence-electron chi connectivity index (χ4n) is 2.52. The number of hydrogen-bond donors (Lipinski definition) is 2. The molecule has 6 nitrogen and oxygen atoms in total. The van der Waals surface area contributed by atoms with E-state index in [2.05, 4.69) is 0 Å². The molecule has 6 heteroatoms. The van der Waals surface area contributed by atoms with Crippen molar-refractivity contribution in [3.63, 3.8) is 0 Å². The second-order valence-electron chi connectivity index (χ2n) is 5.52. The Labute approximate surface area is 106 Å². The van der Waals surface area contributed by atoms with E-state index in [1.807, 2.05) is 0 Å². The summed E-state index contributed by atoms with van der Waals surface area (Å²) in [5.41, 5.74) is -0.707. The van der Waals surface area contributed by atoms with Crippen LogP contribution in [0.2, 0.25) is 0 Å². The highest BCUT2D eigenvalue weighted by Gasteiger charge is 2.39. The molecule has 0 aliphatic carbocycles. The van der Waals surface area contributed by atoms with Crippen LogP contribution in [0, 0.1) is 5.41 Å². The van der Waals surface area contributed by atoms with Gasteiger partial charge in [-0.15, -0.1) is 0 Å². The van der Waals surface area contributed by atoms with Crippen LogP contribution in [-0.2, 0) is 4.79 Å². The SMILES string of the molecule is CC1(C(=O)O)CCN(C(=O)N2CCC(O)C2)CC1. The average Bonchev–Trinajstić information content (AvgIpc) is 2.76. The number of aliphatic hydroxyl groups is 1. The number of piperidine rings is 1. The Morgan fingerprint density at radius 3 is 2.22 bits per heavy atom. The van der Waals surface area contributed by atoms with Gasteiger partial charge in [-0.2, -0.15) is 0 Å². The number of aliphatic carboxylic acids is 1. The van der Waals surface area contributed by atoms with E-state index in [-0.39, 0.29) is 6.03 Å². The van der Waals surface area contributed by atoms with E-state index in [0.717, 1.165) is 0 Å². The molecule has 0 bridgehead atoms. The Balaban J connectivity index is 1.90. The van der Waals surface area contributed by atoms with Gasteiger partial charge < -0.3 is 20.0 Å². The maximum absolute atomic E-state index is 12.1. The number of carboxylic acid groups (broad SMARTS) is 1. The van der Waals surface area contributed by atoms with E-state index in [9.17, 15) is 14.7 Å². The molecule has 18 heavy (non-hydrogen) atoms. The van der Waals surface area contributed by atoms with Crippen molar-refractivity contribution in [1.82, 2.24) is 9.80 Å². The van der Waals surface area contributed by atoms with Crippen LogP contribution in [0.3, 0.4) is 0 Å². The highest BCUT2D eigenvalue weighted by molar-refractivity contribution is 5.77. The minimum atomic E-state index is -0.786. The Kier molecular flexibility index (Phi) is 3.47. The molecular weight excluding hydrogens is 236 g/mol. The third-order valence-corrected chi connectivity index (χ3v) is 4.09. The molecule has 0 saturated carbocycles. The Morgan fingerprint density at radius 1 is 1.17 bits per heavy atom. The van der Waals surface area contributed by atoms with Crippen molar-refractivity contribution in [1.29, 1.82) is 0 Å². The van der Waals surface area contributed by atoms with Gasteiger partial charge in [0.2, 0.25) is 0 Å². The van der Waals surface area contributed by atoms with Crippen LogP contribution in [0.4, 0.5) is 4.79 Å². The molecule has 2 aliphatic heterocycles. The maximum atomic E-state index is 12.1. The van der Waals surface area contributed by atoms with Crippen molar-refractivity contribution < 1.29 is 19.8 Å². The number of carboxylic acids is 1. The summed E-state index contributed by atoms with van der Waals surface area (Å²) < 4.78 is 0. The molecule has 1 unspecified atom stereocenters. The molecule has 0 aromatic carbocycles. The topological polar surface area (TPSA) is 81.1 Å². The molecule has 2 heterocycles. The fourth-order valence-corrected chi connectivity index (χ4v) is 2.52. The molecule has 2 saturated heterocycles. The molecule has 0 radical (unpaired) electrons. The number of hydrogen-bond acceptors (Lipinski definition) is 3. The van der Waals surface area contributed by atoms with Gasteiger partial charge in [-0.05, 0) is 26.2 Å². The largest absolute Gasteiger partial charge is 0.481 e. The summed E-state index contributed by atoms with van der Waals surface area (Å²) in [6, 6.07) is -0.0704.